The highest BCUT2D eigenvalue weighted by molar-refractivity contribution is 7.98. The molecule has 0 aromatic heterocycles. The molecule has 0 radical (unpaired) electrons. The number of alkyl carbamates (subject to hydrolysis) is 1. The molecule has 2 unspecified atom stereocenters. The third kappa shape index (κ3) is 6.78. The first kappa shape index (κ1) is 26.6. The van der Waals surface area contributed by atoms with Gasteiger partial charge in [0.25, 0.3) is 0 Å². The van der Waals surface area contributed by atoms with Crippen LogP contribution in [0.3, 0.4) is 0 Å². The van der Waals surface area contributed by atoms with Gasteiger partial charge in [-0.05, 0) is 53.0 Å². The van der Waals surface area contributed by atoms with Gasteiger partial charge in [0.05, 0.1) is 0 Å². The van der Waals surface area contributed by atoms with Gasteiger partial charge in [-0.3, -0.25) is 4.79 Å². The molecule has 1 aliphatic rings. The summed E-state index contributed by atoms with van der Waals surface area (Å²) < 4.78 is 5.60. The largest absolute Gasteiger partial charge is 0.480 e. The molecule has 2 aromatic carbocycles. The number of hydrogen-bond donors (Lipinski definition) is 3. The van der Waals surface area contributed by atoms with Crippen LogP contribution in [-0.2, 0) is 14.3 Å². The maximum Gasteiger partial charge on any atom is 0.407 e. The number of benzene rings is 2. The van der Waals surface area contributed by atoms with Gasteiger partial charge >= 0.3 is 12.1 Å². The number of thioether (sulfide) groups is 1. The van der Waals surface area contributed by atoms with Crippen molar-refractivity contribution in [1.82, 2.24) is 10.6 Å². The van der Waals surface area contributed by atoms with E-state index in [4.69, 9.17) is 4.74 Å². The summed E-state index contributed by atoms with van der Waals surface area (Å²) in [6, 6.07) is 14.3. The SMILES string of the molecule is CCC(C)CC(NC(=O)OCC1c2ccccc2-c2ccccc21)C(=O)N[C@@H](CCSC)C(=O)O. The molecular formula is C27H34N2O5S. The number of carbonyl (C=O) groups excluding carboxylic acids is 2. The van der Waals surface area contributed by atoms with Gasteiger partial charge < -0.3 is 20.5 Å². The van der Waals surface area contributed by atoms with Crippen molar-refractivity contribution in [2.45, 2.75) is 51.1 Å². The number of ether oxygens (including phenoxy) is 1. The number of carboxylic acid groups (broad SMARTS) is 1. The van der Waals surface area contributed by atoms with Gasteiger partial charge in [0.2, 0.25) is 5.91 Å². The molecule has 7 nitrogen and oxygen atoms in total. The monoisotopic (exact) mass is 498 g/mol. The topological polar surface area (TPSA) is 105 Å². The van der Waals surface area contributed by atoms with Crippen LogP contribution < -0.4 is 10.6 Å². The lowest BCUT2D eigenvalue weighted by Crippen LogP contribution is -2.52. The minimum absolute atomic E-state index is 0.0853. The molecule has 0 heterocycles. The van der Waals surface area contributed by atoms with E-state index >= 15 is 0 Å². The minimum Gasteiger partial charge on any atom is -0.480 e. The smallest absolute Gasteiger partial charge is 0.407 e. The van der Waals surface area contributed by atoms with Crippen LogP contribution in [0.25, 0.3) is 11.1 Å². The van der Waals surface area contributed by atoms with E-state index in [9.17, 15) is 19.5 Å². The Kier molecular flexibility index (Phi) is 9.60. The summed E-state index contributed by atoms with van der Waals surface area (Å²) in [5.41, 5.74) is 4.48. The highest BCUT2D eigenvalue weighted by atomic mass is 32.2. The molecule has 3 N–H and O–H groups in total. The van der Waals surface area contributed by atoms with Crippen LogP contribution in [0.2, 0.25) is 0 Å². The van der Waals surface area contributed by atoms with Crippen LogP contribution in [0.15, 0.2) is 48.5 Å². The fraction of sp³-hybridized carbons (Fsp3) is 0.444. The molecule has 0 saturated carbocycles. The van der Waals surface area contributed by atoms with Crippen molar-refractivity contribution in [3.63, 3.8) is 0 Å². The molecular weight excluding hydrogens is 464 g/mol. The maximum atomic E-state index is 12.9. The van der Waals surface area contributed by atoms with E-state index in [0.717, 1.165) is 28.7 Å². The summed E-state index contributed by atoms with van der Waals surface area (Å²) in [7, 11) is 0. The molecule has 0 fully saturated rings. The second-order valence-electron chi connectivity index (χ2n) is 8.95. The first-order chi connectivity index (χ1) is 16.8. The fourth-order valence-corrected chi connectivity index (χ4v) is 4.82. The van der Waals surface area contributed by atoms with Crippen molar-refractivity contribution in [3.8, 4) is 11.1 Å². The predicted octanol–water partition coefficient (Wildman–Crippen LogP) is 4.65. The normalized spacial score (nSPS) is 14.8. The number of amides is 2. The second kappa shape index (κ2) is 12.6. The molecule has 0 spiro atoms. The lowest BCUT2D eigenvalue weighted by Gasteiger charge is -2.23. The number of hydrogen-bond acceptors (Lipinski definition) is 5. The average Bonchev–Trinajstić information content (AvgIpc) is 3.18. The third-order valence-electron chi connectivity index (χ3n) is 6.51. The lowest BCUT2D eigenvalue weighted by molar-refractivity contribution is -0.142. The zero-order valence-corrected chi connectivity index (χ0v) is 21.3. The highest BCUT2D eigenvalue weighted by Crippen LogP contribution is 2.44. The van der Waals surface area contributed by atoms with Gasteiger partial charge in [0, 0.05) is 5.92 Å². The van der Waals surface area contributed by atoms with E-state index < -0.39 is 30.1 Å². The van der Waals surface area contributed by atoms with E-state index in [0.29, 0.717) is 18.6 Å². The number of carboxylic acids is 1. The van der Waals surface area contributed by atoms with Crippen molar-refractivity contribution < 1.29 is 24.2 Å². The Morgan fingerprint density at radius 3 is 2.14 bits per heavy atom. The first-order valence-corrected chi connectivity index (χ1v) is 13.4. The Morgan fingerprint density at radius 2 is 1.60 bits per heavy atom. The van der Waals surface area contributed by atoms with Gasteiger partial charge in [-0.25, -0.2) is 9.59 Å². The van der Waals surface area contributed by atoms with Gasteiger partial charge in [0.1, 0.15) is 18.7 Å². The zero-order valence-electron chi connectivity index (χ0n) is 20.5. The van der Waals surface area contributed by atoms with Gasteiger partial charge in [-0.2, -0.15) is 11.8 Å². The maximum absolute atomic E-state index is 12.9. The summed E-state index contributed by atoms with van der Waals surface area (Å²) >= 11 is 1.51. The predicted molar refractivity (Wildman–Crippen MR) is 139 cm³/mol. The Bertz CT molecular complexity index is 998. The number of nitrogens with one attached hydrogen (secondary N) is 2. The van der Waals surface area contributed by atoms with E-state index in [1.807, 2.05) is 56.5 Å². The third-order valence-corrected chi connectivity index (χ3v) is 7.16. The molecule has 2 aromatic rings. The standard InChI is InChI=1S/C27H34N2O5S/c1-4-17(2)15-24(25(30)28-23(26(31)32)13-14-35-3)29-27(33)34-16-22-20-11-7-5-9-18(20)19-10-6-8-12-21(19)22/h5-12,17,22-24H,4,13-16H2,1-3H3,(H,28,30)(H,29,33)(H,31,32)/t17?,23-,24?/m0/s1. The molecule has 0 saturated heterocycles. The lowest BCUT2D eigenvalue weighted by atomic mass is 9.98. The van der Waals surface area contributed by atoms with Crippen LogP contribution in [0.5, 0.6) is 0 Å². The molecule has 2 amide bonds. The number of rotatable bonds is 12. The molecule has 0 bridgehead atoms. The molecule has 1 aliphatic carbocycles. The second-order valence-corrected chi connectivity index (χ2v) is 9.94. The van der Waals surface area contributed by atoms with E-state index in [2.05, 4.69) is 22.8 Å². The Labute approximate surface area is 211 Å². The molecule has 0 aliphatic heterocycles. The summed E-state index contributed by atoms with van der Waals surface area (Å²) in [5.74, 6) is -0.914. The molecule has 3 atom stereocenters. The number of fused-ring (bicyclic) bond motifs is 3. The zero-order chi connectivity index (χ0) is 25.4. The van der Waals surface area contributed by atoms with Crippen molar-refractivity contribution in [2.24, 2.45) is 5.92 Å². The minimum atomic E-state index is -1.09. The number of carbonyl (C=O) groups is 3. The fourth-order valence-electron chi connectivity index (χ4n) is 4.35. The van der Waals surface area contributed by atoms with E-state index in [-0.39, 0.29) is 18.4 Å². The van der Waals surface area contributed by atoms with Crippen LogP contribution in [0.4, 0.5) is 4.79 Å². The van der Waals surface area contributed by atoms with Crippen LogP contribution >= 0.6 is 11.8 Å². The first-order valence-electron chi connectivity index (χ1n) is 12.0. The molecule has 8 heteroatoms. The van der Waals surface area contributed by atoms with Gasteiger partial charge in [0.15, 0.2) is 0 Å². The molecule has 188 valence electrons. The van der Waals surface area contributed by atoms with Crippen LogP contribution in [0.1, 0.15) is 50.2 Å². The summed E-state index contributed by atoms with van der Waals surface area (Å²) in [5, 5.41) is 14.7. The molecule has 3 rings (SSSR count). The Morgan fingerprint density at radius 1 is 1.00 bits per heavy atom. The van der Waals surface area contributed by atoms with Crippen LogP contribution in [-0.4, -0.2) is 53.8 Å². The summed E-state index contributed by atoms with van der Waals surface area (Å²) in [4.78, 5) is 37.3. The quantitative estimate of drug-likeness (QED) is 0.393. The molecule has 35 heavy (non-hydrogen) atoms. The van der Waals surface area contributed by atoms with E-state index in [1.165, 1.54) is 11.8 Å². The summed E-state index contributed by atoms with van der Waals surface area (Å²) in [6.45, 7) is 4.14. The van der Waals surface area contributed by atoms with Crippen molar-refractivity contribution in [3.05, 3.63) is 59.7 Å². The average molecular weight is 499 g/mol. The summed E-state index contributed by atoms with van der Waals surface area (Å²) in [6.07, 6.45) is 2.71. The van der Waals surface area contributed by atoms with Gasteiger partial charge in [-0.15, -0.1) is 0 Å². The number of aliphatic carboxylic acids is 1. The van der Waals surface area contributed by atoms with E-state index in [1.54, 1.807) is 0 Å². The van der Waals surface area contributed by atoms with Crippen LogP contribution in [0, 0.1) is 5.92 Å². The Balaban J connectivity index is 1.67. The van der Waals surface area contributed by atoms with Gasteiger partial charge in [-0.1, -0.05) is 68.8 Å². The van der Waals surface area contributed by atoms with Crippen molar-refractivity contribution in [1.29, 1.82) is 0 Å². The highest BCUT2D eigenvalue weighted by Gasteiger charge is 2.31. The Hall–Kier alpha value is -3.00. The van der Waals surface area contributed by atoms with Crippen molar-refractivity contribution >= 4 is 29.7 Å². The van der Waals surface area contributed by atoms with Crippen molar-refractivity contribution in [2.75, 3.05) is 18.6 Å².